The second-order valence-electron chi connectivity index (χ2n) is 22.3. The average molecular weight is 895 g/mol. The summed E-state index contributed by atoms with van der Waals surface area (Å²) in [6.07, 6.45) is 14.3. The summed E-state index contributed by atoms with van der Waals surface area (Å²) in [5.74, 6) is 3.27. The highest BCUT2D eigenvalue weighted by atomic mass is 16.6. The Hall–Kier alpha value is -4.88. The number of ether oxygens (including phenoxy) is 2. The molecule has 8 rings (SSSR count). The monoisotopic (exact) mass is 895 g/mol. The molecule has 4 amide bonds. The minimum absolute atomic E-state index is 0.0923. The maximum absolute atomic E-state index is 14.0. The number of carbonyl (C=O) groups excluding carboxylic acids is 4. The number of benzene rings is 1. The molecular formula is C51H74N8O6. The van der Waals surface area contributed by atoms with E-state index in [0.29, 0.717) is 36.8 Å². The highest BCUT2D eigenvalue weighted by Gasteiger charge is 2.44. The Morgan fingerprint density at radius 2 is 1.11 bits per heavy atom. The first kappa shape index (κ1) is 46.6. The lowest BCUT2D eigenvalue weighted by Gasteiger charge is -2.32. The third-order valence-corrected chi connectivity index (χ3v) is 14.6. The smallest absolute Gasteiger partial charge is 0.408 e. The number of hydrogen-bond donors (Lipinski definition) is 4. The van der Waals surface area contributed by atoms with Crippen LogP contribution in [-0.4, -0.2) is 90.1 Å². The average Bonchev–Trinajstić information content (AvgIpc) is 4.10. The van der Waals surface area contributed by atoms with Gasteiger partial charge in [0.15, 0.2) is 0 Å². The molecule has 0 spiro atoms. The molecule has 3 aliphatic carbocycles. The number of rotatable bonds is 11. The van der Waals surface area contributed by atoms with Crippen molar-refractivity contribution < 1.29 is 28.7 Å². The molecule has 4 N–H and O–H groups in total. The Morgan fingerprint density at radius 3 is 1.63 bits per heavy atom. The van der Waals surface area contributed by atoms with Crippen LogP contribution in [-0.2, 0) is 19.1 Å². The third kappa shape index (κ3) is 9.97. The van der Waals surface area contributed by atoms with Crippen molar-refractivity contribution in [3.05, 3.63) is 58.6 Å². The van der Waals surface area contributed by atoms with Crippen molar-refractivity contribution in [1.29, 1.82) is 0 Å². The molecule has 0 radical (unpaired) electrons. The van der Waals surface area contributed by atoms with E-state index in [1.54, 1.807) is 5.56 Å². The van der Waals surface area contributed by atoms with Crippen molar-refractivity contribution in [1.82, 2.24) is 40.4 Å². The molecule has 5 aliphatic rings. The number of carbonyl (C=O) groups is 4. The van der Waals surface area contributed by atoms with Gasteiger partial charge in [0.1, 0.15) is 34.9 Å². The number of amides is 4. The third-order valence-electron chi connectivity index (χ3n) is 14.6. The van der Waals surface area contributed by atoms with E-state index in [0.717, 1.165) is 74.4 Å². The van der Waals surface area contributed by atoms with Crippen molar-refractivity contribution in [3.63, 3.8) is 0 Å². The summed E-state index contributed by atoms with van der Waals surface area (Å²) in [5.41, 5.74) is 6.72. The van der Waals surface area contributed by atoms with Gasteiger partial charge < -0.3 is 39.9 Å². The van der Waals surface area contributed by atoms with Crippen LogP contribution in [0.1, 0.15) is 210 Å². The molecule has 354 valence electrons. The number of likely N-dealkylation sites (tertiary alicyclic amines) is 2. The van der Waals surface area contributed by atoms with Crippen LogP contribution < -0.4 is 10.6 Å². The summed E-state index contributed by atoms with van der Waals surface area (Å²) in [7, 11) is 0. The summed E-state index contributed by atoms with van der Waals surface area (Å²) in [4.78, 5) is 74.4. The molecule has 2 aliphatic heterocycles. The zero-order valence-corrected chi connectivity index (χ0v) is 40.5. The fraction of sp³-hybridized carbons (Fsp3) is 0.686. The quantitative estimate of drug-likeness (QED) is 0.147. The molecule has 1 aromatic carbocycles. The van der Waals surface area contributed by atoms with Crippen molar-refractivity contribution >= 4 is 24.0 Å². The van der Waals surface area contributed by atoms with Gasteiger partial charge >= 0.3 is 12.2 Å². The molecule has 2 saturated heterocycles. The van der Waals surface area contributed by atoms with Crippen LogP contribution in [0.2, 0.25) is 0 Å². The molecular weight excluding hydrogens is 821 g/mol. The van der Waals surface area contributed by atoms with E-state index in [4.69, 9.17) is 19.4 Å². The molecule has 65 heavy (non-hydrogen) atoms. The Labute approximate surface area is 385 Å². The van der Waals surface area contributed by atoms with Crippen LogP contribution in [0.15, 0.2) is 24.5 Å². The number of imidazole rings is 2. The van der Waals surface area contributed by atoms with E-state index in [2.05, 4.69) is 32.7 Å². The Kier molecular flexibility index (Phi) is 13.2. The zero-order chi connectivity index (χ0) is 46.5. The number of alkyl carbamates (subject to hydrolysis) is 2. The molecule has 2 bridgehead atoms. The maximum atomic E-state index is 14.0. The topological polar surface area (TPSA) is 175 Å². The van der Waals surface area contributed by atoms with Crippen LogP contribution in [0.25, 0.3) is 11.3 Å². The predicted molar refractivity (Wildman–Crippen MR) is 249 cm³/mol. The SMILES string of the molecule is CC(C)C(NC(=O)OC(C)(C)C)C(=O)N1CCCC1c1ncc(-c2ccc(C3CCC(c4cnc(C5CCCN5C(=O)C(NC(=O)OC(C)(C)C)C(C)C)[nH]4)CC3)c3c2C2CCC3C2)[nH]1. The lowest BCUT2D eigenvalue weighted by molar-refractivity contribution is -0.136. The van der Waals surface area contributed by atoms with Crippen molar-refractivity contribution in [2.24, 2.45) is 11.8 Å². The van der Waals surface area contributed by atoms with Gasteiger partial charge in [-0.15, -0.1) is 0 Å². The second-order valence-corrected chi connectivity index (χ2v) is 22.3. The molecule has 6 atom stereocenters. The number of H-pyrrole nitrogens is 2. The summed E-state index contributed by atoms with van der Waals surface area (Å²) < 4.78 is 11.0. The van der Waals surface area contributed by atoms with Crippen LogP contribution in [0.3, 0.4) is 0 Å². The molecule has 6 unspecified atom stereocenters. The van der Waals surface area contributed by atoms with Crippen LogP contribution in [0, 0.1) is 11.8 Å². The fourth-order valence-electron chi connectivity index (χ4n) is 11.6. The number of fused-ring (bicyclic) bond motifs is 5. The van der Waals surface area contributed by atoms with Gasteiger partial charge in [-0.1, -0.05) is 39.8 Å². The van der Waals surface area contributed by atoms with Gasteiger partial charge in [-0.2, -0.15) is 0 Å². The molecule has 4 heterocycles. The normalized spacial score (nSPS) is 25.2. The Morgan fingerprint density at radius 1 is 0.631 bits per heavy atom. The zero-order valence-electron chi connectivity index (χ0n) is 40.5. The van der Waals surface area contributed by atoms with E-state index < -0.39 is 35.5 Å². The van der Waals surface area contributed by atoms with E-state index >= 15 is 0 Å². The number of aromatic nitrogens is 4. The maximum Gasteiger partial charge on any atom is 0.408 e. The fourth-order valence-corrected chi connectivity index (χ4v) is 11.6. The summed E-state index contributed by atoms with van der Waals surface area (Å²) in [6.45, 7) is 20.0. The highest BCUT2D eigenvalue weighted by molar-refractivity contribution is 5.87. The second kappa shape index (κ2) is 18.4. The highest BCUT2D eigenvalue weighted by Crippen LogP contribution is 2.58. The lowest BCUT2D eigenvalue weighted by atomic mass is 9.73. The van der Waals surface area contributed by atoms with Gasteiger partial charge in [0, 0.05) is 36.5 Å². The standard InChI is InChI=1S/C51H74N8O6/c1-28(2)42(56-48(62)64-50(5,6)7)46(60)58-23-11-13-38(58)44-52-26-36(54-44)31-17-15-30(16-18-31)34-21-22-35(41-33-20-19-32(25-33)40(34)41)37-27-53-45(55-37)39-14-12-24-59(39)47(61)43(29(3)4)57-49(63)65-51(8,9)10/h21-22,26-33,38-39,42-43H,11-20,23-25H2,1-10H3,(H,52,54)(H,53,55)(H,56,62)(H,57,63). The number of aromatic amines is 2. The number of nitrogens with one attached hydrogen (secondary N) is 4. The van der Waals surface area contributed by atoms with Gasteiger partial charge in [0.2, 0.25) is 11.8 Å². The number of hydrogen-bond acceptors (Lipinski definition) is 8. The van der Waals surface area contributed by atoms with Crippen LogP contribution >= 0.6 is 0 Å². The minimum atomic E-state index is -0.696. The van der Waals surface area contributed by atoms with Crippen molar-refractivity contribution in [2.45, 2.75) is 199 Å². The molecule has 3 aromatic rings. The van der Waals surface area contributed by atoms with Gasteiger partial charge in [-0.25, -0.2) is 19.6 Å². The Bertz CT molecular complexity index is 2220. The van der Waals surface area contributed by atoms with Crippen LogP contribution in [0.5, 0.6) is 0 Å². The summed E-state index contributed by atoms with van der Waals surface area (Å²) >= 11 is 0. The van der Waals surface area contributed by atoms with Gasteiger partial charge in [0.25, 0.3) is 0 Å². The van der Waals surface area contributed by atoms with E-state index in [1.807, 2.05) is 91.4 Å². The molecule has 14 nitrogen and oxygen atoms in total. The van der Waals surface area contributed by atoms with Crippen molar-refractivity contribution in [2.75, 3.05) is 13.1 Å². The minimum Gasteiger partial charge on any atom is -0.444 e. The first-order valence-electron chi connectivity index (χ1n) is 24.6. The van der Waals surface area contributed by atoms with Crippen molar-refractivity contribution in [3.8, 4) is 11.3 Å². The lowest BCUT2D eigenvalue weighted by Crippen LogP contribution is -2.52. The van der Waals surface area contributed by atoms with E-state index in [9.17, 15) is 19.2 Å². The van der Waals surface area contributed by atoms with E-state index in [1.165, 1.54) is 36.0 Å². The molecule has 14 heteroatoms. The first-order valence-corrected chi connectivity index (χ1v) is 24.6. The van der Waals surface area contributed by atoms with Gasteiger partial charge in [0.05, 0.1) is 24.0 Å². The molecule has 4 fully saturated rings. The van der Waals surface area contributed by atoms with Crippen LogP contribution in [0.4, 0.5) is 9.59 Å². The molecule has 2 saturated carbocycles. The van der Waals surface area contributed by atoms with E-state index in [-0.39, 0.29) is 35.7 Å². The van der Waals surface area contributed by atoms with Gasteiger partial charge in [-0.3, -0.25) is 9.59 Å². The number of nitrogens with zero attached hydrogens (tertiary/aromatic N) is 4. The summed E-state index contributed by atoms with van der Waals surface area (Å²) in [5, 5.41) is 5.71. The predicted octanol–water partition coefficient (Wildman–Crippen LogP) is 10.0. The Balaban J connectivity index is 0.935. The summed E-state index contributed by atoms with van der Waals surface area (Å²) in [6, 6.07) is 3.02. The molecule has 2 aromatic heterocycles. The van der Waals surface area contributed by atoms with Gasteiger partial charge in [-0.05, 0) is 158 Å². The largest absolute Gasteiger partial charge is 0.444 e. The first-order chi connectivity index (χ1) is 30.8.